The average molecular weight is 276 g/mol. The smallest absolute Gasteiger partial charge is 0.251 e. The van der Waals surface area contributed by atoms with E-state index in [2.05, 4.69) is 10.6 Å². The third kappa shape index (κ3) is 3.93. The Hall–Kier alpha value is -2.14. The number of furan rings is 1. The van der Waals surface area contributed by atoms with Gasteiger partial charge in [-0.05, 0) is 36.8 Å². The minimum absolute atomic E-state index is 0.274. The van der Waals surface area contributed by atoms with Crippen LogP contribution in [-0.4, -0.2) is 19.0 Å². The van der Waals surface area contributed by atoms with Crippen LogP contribution < -0.4 is 10.6 Å². The number of benzene rings is 1. The minimum atomic E-state index is -0.367. The van der Waals surface area contributed by atoms with Gasteiger partial charge in [0, 0.05) is 18.7 Å². The van der Waals surface area contributed by atoms with Gasteiger partial charge in [-0.15, -0.1) is 0 Å². The topological polar surface area (TPSA) is 54.3 Å². The first-order valence-electron chi connectivity index (χ1n) is 6.44. The second-order valence-corrected chi connectivity index (χ2v) is 4.48. The van der Waals surface area contributed by atoms with Crippen LogP contribution >= 0.6 is 0 Å². The van der Waals surface area contributed by atoms with Crippen LogP contribution in [0.3, 0.4) is 0 Å². The molecule has 0 radical (unpaired) electrons. The van der Waals surface area contributed by atoms with Gasteiger partial charge in [0.25, 0.3) is 5.91 Å². The molecular weight excluding hydrogens is 259 g/mol. The molecule has 2 N–H and O–H groups in total. The van der Waals surface area contributed by atoms with Gasteiger partial charge in [-0.25, -0.2) is 4.39 Å². The number of hydrogen-bond acceptors (Lipinski definition) is 3. The molecule has 1 amide bonds. The highest BCUT2D eigenvalue weighted by Gasteiger charge is 2.07. The molecule has 0 aliphatic heterocycles. The quantitative estimate of drug-likeness (QED) is 0.796. The Balaban J connectivity index is 1.70. The molecule has 0 saturated heterocycles. The maximum atomic E-state index is 13.3. The van der Waals surface area contributed by atoms with Gasteiger partial charge in [0.1, 0.15) is 11.6 Å². The molecule has 20 heavy (non-hydrogen) atoms. The van der Waals surface area contributed by atoms with E-state index in [0.29, 0.717) is 30.8 Å². The van der Waals surface area contributed by atoms with Crippen molar-refractivity contribution in [3.05, 3.63) is 59.3 Å². The zero-order valence-electron chi connectivity index (χ0n) is 11.3. The predicted octanol–water partition coefficient (Wildman–Crippen LogP) is 2.25. The largest absolute Gasteiger partial charge is 0.468 e. The van der Waals surface area contributed by atoms with Gasteiger partial charge >= 0.3 is 0 Å². The van der Waals surface area contributed by atoms with Gasteiger partial charge in [-0.1, -0.05) is 6.07 Å². The number of rotatable bonds is 6. The van der Waals surface area contributed by atoms with E-state index in [4.69, 9.17) is 4.42 Å². The van der Waals surface area contributed by atoms with Crippen molar-refractivity contribution in [2.24, 2.45) is 0 Å². The zero-order valence-corrected chi connectivity index (χ0v) is 11.3. The predicted molar refractivity (Wildman–Crippen MR) is 73.9 cm³/mol. The second kappa shape index (κ2) is 6.86. The zero-order chi connectivity index (χ0) is 14.4. The normalized spacial score (nSPS) is 10.5. The van der Waals surface area contributed by atoms with Crippen molar-refractivity contribution in [1.82, 2.24) is 10.6 Å². The molecule has 1 aromatic heterocycles. The third-order valence-corrected chi connectivity index (χ3v) is 2.90. The van der Waals surface area contributed by atoms with Crippen LogP contribution in [0.4, 0.5) is 4.39 Å². The van der Waals surface area contributed by atoms with Gasteiger partial charge in [0.15, 0.2) is 0 Å². The highest BCUT2D eigenvalue weighted by molar-refractivity contribution is 5.94. The first kappa shape index (κ1) is 14.3. The number of aryl methyl sites for hydroxylation is 1. The molecule has 0 aliphatic rings. The summed E-state index contributed by atoms with van der Waals surface area (Å²) in [6, 6.07) is 8.16. The summed E-state index contributed by atoms with van der Waals surface area (Å²) in [6.45, 7) is 3.35. The Morgan fingerprint density at radius 1 is 1.30 bits per heavy atom. The Morgan fingerprint density at radius 3 is 2.85 bits per heavy atom. The summed E-state index contributed by atoms with van der Waals surface area (Å²) in [5, 5.41) is 5.86. The number of nitrogens with one attached hydrogen (secondary N) is 2. The molecule has 1 heterocycles. The highest BCUT2D eigenvalue weighted by atomic mass is 19.1. The molecule has 0 fully saturated rings. The van der Waals surface area contributed by atoms with Crippen LogP contribution in [0.15, 0.2) is 41.0 Å². The lowest BCUT2D eigenvalue weighted by Gasteiger charge is -2.07. The molecule has 4 nitrogen and oxygen atoms in total. The van der Waals surface area contributed by atoms with Crippen molar-refractivity contribution >= 4 is 5.91 Å². The summed E-state index contributed by atoms with van der Waals surface area (Å²) in [5.41, 5.74) is 0.862. The molecule has 5 heteroatoms. The van der Waals surface area contributed by atoms with Gasteiger partial charge in [-0.3, -0.25) is 4.79 Å². The lowest BCUT2D eigenvalue weighted by Crippen LogP contribution is -2.31. The van der Waals surface area contributed by atoms with Crippen molar-refractivity contribution in [3.8, 4) is 0 Å². The number of carbonyl (C=O) groups excluding carboxylic acids is 1. The summed E-state index contributed by atoms with van der Waals surface area (Å²) in [4.78, 5) is 11.8. The molecule has 0 saturated carbocycles. The molecule has 2 rings (SSSR count). The Bertz CT molecular complexity index is 567. The van der Waals surface area contributed by atoms with Crippen LogP contribution in [0.25, 0.3) is 0 Å². The number of carbonyl (C=O) groups is 1. The number of halogens is 1. The average Bonchev–Trinajstić information content (AvgIpc) is 2.94. The number of hydrogen-bond donors (Lipinski definition) is 2. The first-order chi connectivity index (χ1) is 9.66. The van der Waals surface area contributed by atoms with Crippen LogP contribution in [0.5, 0.6) is 0 Å². The Kier molecular flexibility index (Phi) is 4.90. The molecule has 2 aromatic rings. The summed E-state index contributed by atoms with van der Waals surface area (Å²) in [6.07, 6.45) is 1.62. The SMILES string of the molecule is Cc1ccc(C(=O)NCCNCc2ccco2)cc1F. The van der Waals surface area contributed by atoms with E-state index in [1.807, 2.05) is 12.1 Å². The Labute approximate surface area is 117 Å². The van der Waals surface area contributed by atoms with Crippen LogP contribution in [-0.2, 0) is 6.54 Å². The maximum absolute atomic E-state index is 13.3. The van der Waals surface area contributed by atoms with Crippen molar-refractivity contribution in [2.45, 2.75) is 13.5 Å². The monoisotopic (exact) mass is 276 g/mol. The van der Waals surface area contributed by atoms with Crippen LogP contribution in [0, 0.1) is 12.7 Å². The highest BCUT2D eigenvalue weighted by Crippen LogP contribution is 2.08. The first-order valence-corrected chi connectivity index (χ1v) is 6.44. The summed E-state index contributed by atoms with van der Waals surface area (Å²) in [7, 11) is 0. The molecule has 0 aliphatic carbocycles. The van der Waals surface area contributed by atoms with Gasteiger partial charge < -0.3 is 15.1 Å². The van der Waals surface area contributed by atoms with E-state index < -0.39 is 0 Å². The fraction of sp³-hybridized carbons (Fsp3) is 0.267. The summed E-state index contributed by atoms with van der Waals surface area (Å²) >= 11 is 0. The number of amides is 1. The fourth-order valence-corrected chi connectivity index (χ4v) is 1.73. The Morgan fingerprint density at radius 2 is 2.15 bits per heavy atom. The molecule has 0 unspecified atom stereocenters. The summed E-state index contributed by atoms with van der Waals surface area (Å²) in [5.74, 6) is 0.203. The standard InChI is InChI=1S/C15H17FN2O2/c1-11-4-5-12(9-14(11)16)15(19)18-7-6-17-10-13-3-2-8-20-13/h2-5,8-9,17H,6-7,10H2,1H3,(H,18,19). The van der Waals surface area contributed by atoms with E-state index in [0.717, 1.165) is 5.76 Å². The molecule has 0 bridgehead atoms. The molecule has 0 spiro atoms. The van der Waals surface area contributed by atoms with E-state index in [9.17, 15) is 9.18 Å². The van der Waals surface area contributed by atoms with Gasteiger partial charge in [0.2, 0.25) is 0 Å². The minimum Gasteiger partial charge on any atom is -0.468 e. The van der Waals surface area contributed by atoms with Crippen molar-refractivity contribution in [2.75, 3.05) is 13.1 Å². The summed E-state index contributed by atoms with van der Waals surface area (Å²) < 4.78 is 18.5. The molecule has 106 valence electrons. The van der Waals surface area contributed by atoms with Crippen molar-refractivity contribution in [1.29, 1.82) is 0 Å². The van der Waals surface area contributed by atoms with E-state index in [1.165, 1.54) is 6.07 Å². The van der Waals surface area contributed by atoms with Gasteiger partial charge in [0.05, 0.1) is 12.8 Å². The van der Waals surface area contributed by atoms with Crippen LogP contribution in [0.2, 0.25) is 0 Å². The molecule has 0 atom stereocenters. The fourth-order valence-electron chi connectivity index (χ4n) is 1.73. The van der Waals surface area contributed by atoms with Crippen molar-refractivity contribution < 1.29 is 13.6 Å². The molecular formula is C15H17FN2O2. The molecule has 1 aromatic carbocycles. The maximum Gasteiger partial charge on any atom is 0.251 e. The van der Waals surface area contributed by atoms with E-state index >= 15 is 0 Å². The van der Waals surface area contributed by atoms with E-state index in [-0.39, 0.29) is 11.7 Å². The third-order valence-electron chi connectivity index (χ3n) is 2.90. The second-order valence-electron chi connectivity index (χ2n) is 4.48. The van der Waals surface area contributed by atoms with Crippen LogP contribution in [0.1, 0.15) is 21.7 Å². The van der Waals surface area contributed by atoms with E-state index in [1.54, 1.807) is 25.3 Å². The van der Waals surface area contributed by atoms with Gasteiger partial charge in [-0.2, -0.15) is 0 Å². The van der Waals surface area contributed by atoms with Crippen molar-refractivity contribution in [3.63, 3.8) is 0 Å². The lowest BCUT2D eigenvalue weighted by atomic mass is 10.1. The lowest BCUT2D eigenvalue weighted by molar-refractivity contribution is 0.0953.